The third-order valence-corrected chi connectivity index (χ3v) is 11.2. The minimum atomic E-state index is -3.87. The van der Waals surface area contributed by atoms with Gasteiger partial charge in [-0.3, -0.25) is 9.55 Å². The maximum absolute atomic E-state index is 12.7. The van der Waals surface area contributed by atoms with Crippen LogP contribution in [-0.2, 0) is 21.7 Å². The summed E-state index contributed by atoms with van der Waals surface area (Å²) in [7, 11) is 0. The van der Waals surface area contributed by atoms with Crippen molar-refractivity contribution in [2.45, 2.75) is 111 Å². The van der Waals surface area contributed by atoms with Gasteiger partial charge in [-0.2, -0.15) is 0 Å². The average molecular weight is 852 g/mol. The minimum absolute atomic E-state index is 0.0251. The molecule has 8 aromatic rings. The number of aromatic hydroxyl groups is 1. The molecular weight excluding hydrogens is 767 g/mol. The number of nitrogens with zero attached hydrogens (tertiary/aromatic N) is 3. The fraction of sp³-hybridized carbons (Fsp3) is 0.288. The molecule has 0 amide bonds. The lowest BCUT2D eigenvalue weighted by Gasteiger charge is -2.27. The summed E-state index contributed by atoms with van der Waals surface area (Å²) in [4.78, 5) is 9.92. The predicted octanol–water partition coefficient (Wildman–Crippen LogP) is 16.0. The van der Waals surface area contributed by atoms with Gasteiger partial charge in [-0.05, 0) is 127 Å². The van der Waals surface area contributed by atoms with E-state index in [4.69, 9.17) is 35.1 Å². The summed E-state index contributed by atoms with van der Waals surface area (Å²) in [6.45, 7) is -8.37. The number of para-hydroxylation sites is 1. The smallest absolute Gasteiger partial charge is 0.149 e. The summed E-state index contributed by atoms with van der Waals surface area (Å²) < 4.78 is 191. The van der Waals surface area contributed by atoms with E-state index in [9.17, 15) is 5.11 Å². The fourth-order valence-corrected chi connectivity index (χ4v) is 7.67. The second-order valence-corrected chi connectivity index (χ2v) is 18.3. The monoisotopic (exact) mass is 852 g/mol. The molecule has 4 heteroatoms. The summed E-state index contributed by atoms with van der Waals surface area (Å²) in [5.41, 5.74) is -5.40. The first-order valence-electron chi connectivity index (χ1n) is 31.6. The van der Waals surface area contributed by atoms with E-state index in [1.165, 1.54) is 24.4 Å². The van der Waals surface area contributed by atoms with Gasteiger partial charge in [0, 0.05) is 47.6 Å². The number of fused-ring (bicyclic) bond motifs is 1. The molecule has 2 heterocycles. The lowest BCUT2D eigenvalue weighted by molar-refractivity contribution is 0.446. The molecule has 4 nitrogen and oxygen atoms in total. The zero-order chi connectivity index (χ0) is 63.7. The highest BCUT2D eigenvalue weighted by Gasteiger charge is 2.29. The Labute approximate surface area is 406 Å². The lowest BCUT2D eigenvalue weighted by atomic mass is 9.79. The van der Waals surface area contributed by atoms with Gasteiger partial charge in [0.15, 0.2) is 0 Å². The number of hydrogen-bond acceptors (Lipinski definition) is 3. The highest BCUT2D eigenvalue weighted by molar-refractivity contribution is 5.97. The van der Waals surface area contributed by atoms with Gasteiger partial charge < -0.3 is 5.11 Å². The first kappa shape index (κ1) is 24.0. The van der Waals surface area contributed by atoms with Crippen molar-refractivity contribution in [1.82, 2.24) is 14.5 Å². The predicted molar refractivity (Wildman–Crippen MR) is 267 cm³/mol. The van der Waals surface area contributed by atoms with Gasteiger partial charge in [0.05, 0.1) is 33.5 Å². The first-order valence-corrected chi connectivity index (χ1v) is 20.6. The molecular formula is C59H63N3O. The van der Waals surface area contributed by atoms with Gasteiger partial charge in [0.2, 0.25) is 0 Å². The summed E-state index contributed by atoms with van der Waals surface area (Å²) >= 11 is 0. The van der Waals surface area contributed by atoms with E-state index in [1.807, 2.05) is 84.0 Å². The Kier molecular flexibility index (Phi) is 6.02. The molecule has 0 fully saturated rings. The first-order chi connectivity index (χ1) is 38.7. The van der Waals surface area contributed by atoms with Gasteiger partial charge >= 0.3 is 0 Å². The molecule has 0 radical (unpaired) electrons. The van der Waals surface area contributed by atoms with E-state index in [0.717, 1.165) is 18.1 Å². The van der Waals surface area contributed by atoms with E-state index < -0.39 is 109 Å². The Morgan fingerprint density at radius 3 is 1.90 bits per heavy atom. The molecule has 1 N–H and O–H groups in total. The van der Waals surface area contributed by atoms with Crippen LogP contribution in [0.5, 0.6) is 5.75 Å². The highest BCUT2D eigenvalue weighted by Crippen LogP contribution is 2.45. The average Bonchev–Trinajstić information content (AvgIpc) is 3.32. The summed E-state index contributed by atoms with van der Waals surface area (Å²) in [5.74, 6) is -0.771. The molecule has 0 spiro atoms. The van der Waals surface area contributed by atoms with Crippen LogP contribution in [0.2, 0.25) is 0 Å². The third-order valence-electron chi connectivity index (χ3n) is 11.2. The Morgan fingerprint density at radius 1 is 0.540 bits per heavy atom. The van der Waals surface area contributed by atoms with Crippen molar-refractivity contribution >= 4 is 11.0 Å². The molecule has 63 heavy (non-hydrogen) atoms. The molecule has 0 saturated carbocycles. The van der Waals surface area contributed by atoms with Crippen LogP contribution < -0.4 is 0 Å². The molecule has 0 unspecified atom stereocenters. The summed E-state index contributed by atoms with van der Waals surface area (Å²) in [5, 5.41) is 12.7. The zero-order valence-corrected chi connectivity index (χ0v) is 36.3. The molecule has 0 aliphatic rings. The molecule has 2 aromatic heterocycles. The Bertz CT molecular complexity index is 3830. The summed E-state index contributed by atoms with van der Waals surface area (Å²) in [6.07, 6.45) is 1.34. The van der Waals surface area contributed by atoms with Crippen molar-refractivity contribution in [1.29, 1.82) is 0 Å². The molecule has 320 valence electrons. The van der Waals surface area contributed by atoms with Crippen molar-refractivity contribution in [3.63, 3.8) is 0 Å². The van der Waals surface area contributed by atoms with Crippen molar-refractivity contribution < 1.29 is 35.3 Å². The largest absolute Gasteiger partial charge is 0.507 e. The molecule has 8 rings (SSSR count). The van der Waals surface area contributed by atoms with E-state index in [1.54, 1.807) is 53.1 Å². The molecule has 0 atom stereocenters. The van der Waals surface area contributed by atoms with Gasteiger partial charge in [-0.25, -0.2) is 4.98 Å². The second-order valence-electron chi connectivity index (χ2n) is 18.3. The zero-order valence-electron chi connectivity index (χ0n) is 58.3. The number of benzene rings is 6. The normalized spacial score (nSPS) is 18.9. The quantitative estimate of drug-likeness (QED) is 0.181. The van der Waals surface area contributed by atoms with Gasteiger partial charge in [-0.15, -0.1) is 0 Å². The van der Waals surface area contributed by atoms with Gasteiger partial charge in [0.1, 0.15) is 11.6 Å². The van der Waals surface area contributed by atoms with Crippen molar-refractivity contribution in [2.24, 2.45) is 0 Å². The van der Waals surface area contributed by atoms with Crippen LogP contribution in [0.4, 0.5) is 0 Å². The van der Waals surface area contributed by atoms with Crippen molar-refractivity contribution in [3.05, 3.63) is 167 Å². The number of phenols is 1. The van der Waals surface area contributed by atoms with Crippen LogP contribution in [0.1, 0.15) is 141 Å². The Morgan fingerprint density at radius 2 is 1.22 bits per heavy atom. The van der Waals surface area contributed by atoms with Crippen LogP contribution in [0, 0.1) is 6.85 Å². The summed E-state index contributed by atoms with van der Waals surface area (Å²) in [6, 6.07) is 26.4. The van der Waals surface area contributed by atoms with E-state index in [-0.39, 0.29) is 39.4 Å². The van der Waals surface area contributed by atoms with E-state index >= 15 is 0 Å². The molecule has 6 aromatic carbocycles. The van der Waals surface area contributed by atoms with Crippen LogP contribution in [0.15, 0.2) is 140 Å². The molecule has 0 bridgehead atoms. The van der Waals surface area contributed by atoms with Crippen molar-refractivity contribution in [2.75, 3.05) is 0 Å². The maximum atomic E-state index is 12.7. The number of rotatable bonds is 6. The van der Waals surface area contributed by atoms with E-state index in [0.29, 0.717) is 33.3 Å². The molecule has 0 saturated heterocycles. The van der Waals surface area contributed by atoms with Crippen LogP contribution in [-0.4, -0.2) is 19.6 Å². The van der Waals surface area contributed by atoms with Crippen LogP contribution in [0.25, 0.3) is 72.7 Å². The topological polar surface area (TPSA) is 50.9 Å². The number of pyridine rings is 1. The number of hydrogen-bond donors (Lipinski definition) is 1. The van der Waals surface area contributed by atoms with E-state index in [2.05, 4.69) is 4.98 Å². The molecule has 0 aliphatic carbocycles. The van der Waals surface area contributed by atoms with Gasteiger partial charge in [0.25, 0.3) is 0 Å². The minimum Gasteiger partial charge on any atom is -0.507 e. The van der Waals surface area contributed by atoms with Gasteiger partial charge in [-0.1, -0.05) is 168 Å². The molecule has 0 aliphatic heterocycles. The third kappa shape index (κ3) is 8.61. The SMILES string of the molecule is [2H]c1c([2H])c(C(C([2H])([2H])[2H])(C([2H])([2H])[2H])C([2H])([2H])[2H])c([2H])c([2H])c1-c1ccnc(-c2cc(-c3cccc4c3nc(-c3cc(C(C)(C)C)cc(C(C)(C([2H])([2H])[2H])C([2H])([2H])[2H])c3O)n4-c3ccc(-c4ccccc4)cc3C([2H])([2H])[2H])cc(C(C)(C)C)c2)c1. The maximum Gasteiger partial charge on any atom is 0.149 e. The Balaban J connectivity index is 1.45. The van der Waals surface area contributed by atoms with Crippen LogP contribution in [0.3, 0.4) is 0 Å². The Hall–Kier alpha value is -6.26. The highest BCUT2D eigenvalue weighted by atomic mass is 16.3. The van der Waals surface area contributed by atoms with Crippen molar-refractivity contribution in [3.8, 4) is 67.5 Å². The number of aryl methyl sites for hydroxylation is 1. The number of imidazole rings is 1. The second kappa shape index (κ2) is 15.8. The standard InChI is InChI=1S/C59H63N3O/c1-37-30-40(38-18-15-14-16-19-38)24-27-51(37)62-52-21-17-20-47(53(52)61-55(62)48-35-46(58(8,9)10)36-49(54(48)63)59(11,12)13)42-31-43(33-45(32-42)57(5,6)7)50-34-41(28-29-60-50)39-22-25-44(26-23-39)56(2,3)4/h14-36,63H,1-13H3/i1D3,2D3,3D3,4D3,11D3,12D3,22D,23D,25D,26D. The fourth-order valence-electron chi connectivity index (χ4n) is 7.67. The van der Waals surface area contributed by atoms with Crippen LogP contribution >= 0.6 is 0 Å². The number of phenolic OH excluding ortho intramolecular Hbond substituents is 1. The lowest BCUT2D eigenvalue weighted by Crippen LogP contribution is -2.17. The number of aromatic nitrogens is 3.